The molecule has 2 amide bonds. The maximum absolute atomic E-state index is 11.9. The van der Waals surface area contributed by atoms with Crippen molar-refractivity contribution in [3.8, 4) is 11.5 Å². The quantitative estimate of drug-likeness (QED) is 0.241. The Balaban J connectivity index is 1.91. The summed E-state index contributed by atoms with van der Waals surface area (Å²) in [6.07, 6.45) is 2.48. The molecule has 2 aromatic carbocycles. The lowest BCUT2D eigenvalue weighted by molar-refractivity contribution is -0.139. The standard InChI is InChI=1S/C24H32N6O4/c1-5-29(6-2)19-11-9-17(21(31)13-19)15-25-27-23(33)24(34)28-26-16-18-10-12-20(14-22(18)32)30(7-3)8-4/h9-16,31-32H,5-8H2,1-4H3,(H,27,33)(H,28,34)/b25-15+,26-16+. The third-order valence-corrected chi connectivity index (χ3v) is 5.23. The van der Waals surface area contributed by atoms with Crippen LogP contribution in [0.15, 0.2) is 46.6 Å². The number of hydrogen-bond donors (Lipinski definition) is 4. The number of benzene rings is 2. The SMILES string of the molecule is CCN(CC)c1ccc(/C=N/NC(=O)C(=O)N/N=C/c2ccc(N(CC)CC)cc2O)c(O)c1. The van der Waals surface area contributed by atoms with Crippen LogP contribution in [0.3, 0.4) is 0 Å². The van der Waals surface area contributed by atoms with E-state index < -0.39 is 11.8 Å². The zero-order valence-electron chi connectivity index (χ0n) is 19.9. The highest BCUT2D eigenvalue weighted by Gasteiger charge is 2.12. The van der Waals surface area contributed by atoms with Crippen LogP contribution in [-0.2, 0) is 9.59 Å². The van der Waals surface area contributed by atoms with Crippen LogP contribution in [-0.4, -0.2) is 60.6 Å². The van der Waals surface area contributed by atoms with Gasteiger partial charge in [0.1, 0.15) is 11.5 Å². The number of nitrogens with zero attached hydrogens (tertiary/aromatic N) is 4. The maximum atomic E-state index is 11.9. The lowest BCUT2D eigenvalue weighted by Gasteiger charge is -2.21. The molecule has 182 valence electrons. The zero-order valence-corrected chi connectivity index (χ0v) is 19.9. The molecule has 0 saturated carbocycles. The molecule has 10 nitrogen and oxygen atoms in total. The molecule has 0 unspecified atom stereocenters. The second-order valence-electron chi connectivity index (χ2n) is 7.23. The highest BCUT2D eigenvalue weighted by Crippen LogP contribution is 2.24. The molecule has 0 aliphatic rings. The van der Waals surface area contributed by atoms with E-state index in [1.807, 2.05) is 39.8 Å². The van der Waals surface area contributed by atoms with E-state index in [0.29, 0.717) is 11.1 Å². The molecule has 2 rings (SSSR count). The molecule has 0 fully saturated rings. The Labute approximate surface area is 199 Å². The van der Waals surface area contributed by atoms with Crippen LogP contribution in [0.2, 0.25) is 0 Å². The van der Waals surface area contributed by atoms with Gasteiger partial charge in [-0.2, -0.15) is 10.2 Å². The van der Waals surface area contributed by atoms with Gasteiger partial charge in [0.05, 0.1) is 12.4 Å². The van der Waals surface area contributed by atoms with E-state index in [1.54, 1.807) is 24.3 Å². The summed E-state index contributed by atoms with van der Waals surface area (Å²) in [6.45, 7) is 11.3. The summed E-state index contributed by atoms with van der Waals surface area (Å²) in [4.78, 5) is 28.0. The third-order valence-electron chi connectivity index (χ3n) is 5.23. The number of anilines is 2. The molecule has 0 aromatic heterocycles. The van der Waals surface area contributed by atoms with Crippen LogP contribution in [0.4, 0.5) is 11.4 Å². The van der Waals surface area contributed by atoms with E-state index in [0.717, 1.165) is 37.6 Å². The van der Waals surface area contributed by atoms with Gasteiger partial charge in [-0.3, -0.25) is 9.59 Å². The van der Waals surface area contributed by atoms with E-state index in [2.05, 4.69) is 30.9 Å². The highest BCUT2D eigenvalue weighted by molar-refractivity contribution is 6.35. The Kier molecular flexibility index (Phi) is 9.88. The second kappa shape index (κ2) is 12.8. The summed E-state index contributed by atoms with van der Waals surface area (Å²) in [5, 5.41) is 27.8. The van der Waals surface area contributed by atoms with Crippen molar-refractivity contribution in [3.05, 3.63) is 47.5 Å². The lowest BCUT2D eigenvalue weighted by Crippen LogP contribution is -2.35. The van der Waals surface area contributed by atoms with Crippen molar-refractivity contribution < 1.29 is 19.8 Å². The van der Waals surface area contributed by atoms with Gasteiger partial charge in [-0.25, -0.2) is 10.9 Å². The van der Waals surface area contributed by atoms with Crippen molar-refractivity contribution in [1.82, 2.24) is 10.9 Å². The van der Waals surface area contributed by atoms with Crippen LogP contribution >= 0.6 is 0 Å². The first-order chi connectivity index (χ1) is 16.3. The summed E-state index contributed by atoms with van der Waals surface area (Å²) in [6, 6.07) is 10.2. The number of nitrogens with one attached hydrogen (secondary N) is 2. The number of carbonyl (C=O) groups excluding carboxylic acids is 2. The van der Waals surface area contributed by atoms with Gasteiger partial charge < -0.3 is 20.0 Å². The number of rotatable bonds is 10. The Morgan fingerprint density at radius 2 is 1.09 bits per heavy atom. The molecule has 4 N–H and O–H groups in total. The molecule has 0 heterocycles. The number of carbonyl (C=O) groups is 2. The van der Waals surface area contributed by atoms with Crippen molar-refractivity contribution in [3.63, 3.8) is 0 Å². The van der Waals surface area contributed by atoms with Crippen LogP contribution < -0.4 is 20.7 Å². The van der Waals surface area contributed by atoms with Crippen molar-refractivity contribution in [2.45, 2.75) is 27.7 Å². The predicted molar refractivity (Wildman–Crippen MR) is 135 cm³/mol. The average molecular weight is 469 g/mol. The topological polar surface area (TPSA) is 130 Å². The summed E-state index contributed by atoms with van der Waals surface area (Å²) in [5.74, 6) is -2.06. The second-order valence-corrected chi connectivity index (χ2v) is 7.23. The van der Waals surface area contributed by atoms with Crippen LogP contribution in [0, 0.1) is 0 Å². The molecule has 0 aliphatic carbocycles. The molecule has 10 heteroatoms. The normalized spacial score (nSPS) is 11.1. The van der Waals surface area contributed by atoms with Crippen LogP contribution in [0.1, 0.15) is 38.8 Å². The molecule has 0 bridgehead atoms. The number of amides is 2. The number of hydrogen-bond acceptors (Lipinski definition) is 8. The summed E-state index contributed by atoms with van der Waals surface area (Å²) < 4.78 is 0. The van der Waals surface area contributed by atoms with Crippen molar-refractivity contribution in [2.75, 3.05) is 36.0 Å². The smallest absolute Gasteiger partial charge is 0.331 e. The average Bonchev–Trinajstić information content (AvgIpc) is 2.83. The van der Waals surface area contributed by atoms with Gasteiger partial charge in [-0.05, 0) is 52.0 Å². The minimum Gasteiger partial charge on any atom is -0.507 e. The molecule has 0 radical (unpaired) electrons. The van der Waals surface area contributed by atoms with Gasteiger partial charge in [0.15, 0.2) is 0 Å². The molecule has 2 aromatic rings. The number of phenolic OH excluding ortho intramolecular Hbond substituents is 2. The molecule has 0 atom stereocenters. The fraction of sp³-hybridized carbons (Fsp3) is 0.333. The minimum absolute atomic E-state index is 0.00303. The summed E-state index contributed by atoms with van der Waals surface area (Å²) >= 11 is 0. The van der Waals surface area contributed by atoms with Gasteiger partial charge in [-0.15, -0.1) is 0 Å². The largest absolute Gasteiger partial charge is 0.507 e. The number of phenols is 2. The molecule has 0 saturated heterocycles. The first-order valence-corrected chi connectivity index (χ1v) is 11.2. The summed E-state index contributed by atoms with van der Waals surface area (Å²) in [5.41, 5.74) is 6.67. The van der Waals surface area contributed by atoms with Crippen molar-refractivity contribution >= 4 is 35.6 Å². The molecule has 34 heavy (non-hydrogen) atoms. The van der Waals surface area contributed by atoms with Crippen molar-refractivity contribution in [2.24, 2.45) is 10.2 Å². The fourth-order valence-corrected chi connectivity index (χ4v) is 3.28. The number of hydrazone groups is 2. The minimum atomic E-state index is -1.03. The first kappa shape index (κ1) is 26.2. The Morgan fingerprint density at radius 1 is 0.735 bits per heavy atom. The van der Waals surface area contributed by atoms with Gasteiger partial charge in [0.25, 0.3) is 0 Å². The monoisotopic (exact) mass is 468 g/mol. The van der Waals surface area contributed by atoms with E-state index in [9.17, 15) is 19.8 Å². The summed E-state index contributed by atoms with van der Waals surface area (Å²) in [7, 11) is 0. The fourth-order valence-electron chi connectivity index (χ4n) is 3.28. The molecule has 0 spiro atoms. The highest BCUT2D eigenvalue weighted by atomic mass is 16.3. The van der Waals surface area contributed by atoms with Crippen molar-refractivity contribution in [1.29, 1.82) is 0 Å². The van der Waals surface area contributed by atoms with E-state index in [-0.39, 0.29) is 11.5 Å². The van der Waals surface area contributed by atoms with Crippen LogP contribution in [0.5, 0.6) is 11.5 Å². The van der Waals surface area contributed by atoms with E-state index in [1.165, 1.54) is 12.4 Å². The van der Waals surface area contributed by atoms with Gasteiger partial charge in [0, 0.05) is 60.8 Å². The Bertz CT molecular complexity index is 962. The maximum Gasteiger partial charge on any atom is 0.331 e. The van der Waals surface area contributed by atoms with E-state index >= 15 is 0 Å². The number of aromatic hydroxyl groups is 2. The van der Waals surface area contributed by atoms with Gasteiger partial charge in [-0.1, -0.05) is 0 Å². The van der Waals surface area contributed by atoms with Crippen LogP contribution in [0.25, 0.3) is 0 Å². The third kappa shape index (κ3) is 6.96. The van der Waals surface area contributed by atoms with E-state index in [4.69, 9.17) is 0 Å². The Morgan fingerprint density at radius 3 is 1.38 bits per heavy atom. The molecule has 0 aliphatic heterocycles. The first-order valence-electron chi connectivity index (χ1n) is 11.2. The molecular weight excluding hydrogens is 436 g/mol. The van der Waals surface area contributed by atoms with Gasteiger partial charge >= 0.3 is 11.8 Å². The zero-order chi connectivity index (χ0) is 25.1. The van der Waals surface area contributed by atoms with Gasteiger partial charge in [0.2, 0.25) is 0 Å². The Hall–Kier alpha value is -4.08. The lowest BCUT2D eigenvalue weighted by atomic mass is 10.2. The predicted octanol–water partition coefficient (Wildman–Crippen LogP) is 2.39. The molecular formula is C24H32N6O4.